The Hall–Kier alpha value is -0.410. The maximum Gasteiger partial charge on any atom is 0.0797 e. The summed E-state index contributed by atoms with van der Waals surface area (Å²) in [4.78, 5) is 5.75. The summed E-state index contributed by atoms with van der Waals surface area (Å²) < 4.78 is 0. The number of rotatable bonds is 2. The molecule has 2 N–H and O–H groups in total. The molecule has 0 aliphatic heterocycles. The van der Waals surface area contributed by atoms with Gasteiger partial charge in [0.25, 0.3) is 0 Å². The number of thiazole rings is 1. The number of hydrogen-bond acceptors (Lipinski definition) is 3. The van der Waals surface area contributed by atoms with Gasteiger partial charge < -0.3 is 5.73 Å². The zero-order valence-electron chi connectivity index (χ0n) is 8.05. The van der Waals surface area contributed by atoms with Gasteiger partial charge >= 0.3 is 0 Å². The molecule has 0 atom stereocenters. The minimum Gasteiger partial charge on any atom is -0.330 e. The minimum atomic E-state index is 0.283. The second-order valence-electron chi connectivity index (χ2n) is 3.96. The molecule has 72 valence electrons. The minimum absolute atomic E-state index is 0.283. The van der Waals surface area contributed by atoms with E-state index in [4.69, 9.17) is 5.73 Å². The second kappa shape index (κ2) is 3.39. The molecule has 1 heterocycles. The fourth-order valence-corrected chi connectivity index (χ4v) is 3.46. The van der Waals surface area contributed by atoms with Gasteiger partial charge in [-0.25, -0.2) is 4.98 Å². The van der Waals surface area contributed by atoms with Gasteiger partial charge in [-0.15, -0.1) is 11.3 Å². The fraction of sp³-hybridized carbons (Fsp3) is 0.700. The summed E-state index contributed by atoms with van der Waals surface area (Å²) in [5.74, 6) is 0. The first kappa shape index (κ1) is 9.16. The van der Waals surface area contributed by atoms with Crippen molar-refractivity contribution < 1.29 is 0 Å². The molecular formula is C10H16N2S. The summed E-state index contributed by atoms with van der Waals surface area (Å²) >= 11 is 1.78. The number of aromatic nitrogens is 1. The standard InChI is InChI=1S/C10H16N2S/c1-8-9(13-7-12-8)10(6-11)4-2-3-5-10/h7H,2-6,11H2,1H3. The molecule has 13 heavy (non-hydrogen) atoms. The van der Waals surface area contributed by atoms with E-state index < -0.39 is 0 Å². The SMILES string of the molecule is Cc1ncsc1C1(CN)CCCC1. The Bertz CT molecular complexity index is 287. The van der Waals surface area contributed by atoms with Crippen molar-refractivity contribution in [3.63, 3.8) is 0 Å². The van der Waals surface area contributed by atoms with Crippen LogP contribution < -0.4 is 5.73 Å². The van der Waals surface area contributed by atoms with E-state index in [2.05, 4.69) is 11.9 Å². The van der Waals surface area contributed by atoms with Crippen LogP contribution in [0.2, 0.25) is 0 Å². The summed E-state index contributed by atoms with van der Waals surface area (Å²) in [5, 5.41) is 0. The van der Waals surface area contributed by atoms with Gasteiger partial charge in [-0.3, -0.25) is 0 Å². The predicted octanol–water partition coefficient (Wildman–Crippen LogP) is 2.22. The Balaban J connectivity index is 2.36. The molecule has 1 saturated carbocycles. The molecule has 0 amide bonds. The van der Waals surface area contributed by atoms with E-state index in [1.165, 1.54) is 36.3 Å². The van der Waals surface area contributed by atoms with Crippen molar-refractivity contribution in [2.75, 3.05) is 6.54 Å². The molecule has 0 unspecified atom stereocenters. The smallest absolute Gasteiger partial charge is 0.0797 e. The first-order valence-electron chi connectivity index (χ1n) is 4.89. The fourth-order valence-electron chi connectivity index (χ4n) is 2.39. The van der Waals surface area contributed by atoms with Crippen LogP contribution in [0.15, 0.2) is 5.51 Å². The number of hydrogen-bond donors (Lipinski definition) is 1. The van der Waals surface area contributed by atoms with Gasteiger partial charge in [0, 0.05) is 16.8 Å². The molecule has 2 rings (SSSR count). The third-order valence-corrected chi connectivity index (χ3v) is 4.35. The van der Waals surface area contributed by atoms with E-state index in [0.29, 0.717) is 0 Å². The highest BCUT2D eigenvalue weighted by molar-refractivity contribution is 7.09. The highest BCUT2D eigenvalue weighted by Crippen LogP contribution is 2.43. The Morgan fingerprint density at radius 3 is 2.69 bits per heavy atom. The topological polar surface area (TPSA) is 38.9 Å². The maximum absolute atomic E-state index is 5.91. The lowest BCUT2D eigenvalue weighted by Crippen LogP contribution is -2.31. The summed E-state index contributed by atoms with van der Waals surface area (Å²) in [5.41, 5.74) is 9.33. The zero-order chi connectivity index (χ0) is 9.31. The highest BCUT2D eigenvalue weighted by atomic mass is 32.1. The van der Waals surface area contributed by atoms with Crippen LogP contribution in [-0.2, 0) is 5.41 Å². The predicted molar refractivity (Wildman–Crippen MR) is 56.1 cm³/mol. The van der Waals surface area contributed by atoms with Crippen molar-refractivity contribution in [1.82, 2.24) is 4.98 Å². The molecule has 0 aromatic carbocycles. The summed E-state index contributed by atoms with van der Waals surface area (Å²) in [6.45, 7) is 2.89. The Kier molecular flexibility index (Phi) is 2.39. The van der Waals surface area contributed by atoms with Crippen LogP contribution in [0, 0.1) is 6.92 Å². The van der Waals surface area contributed by atoms with Gasteiger partial charge in [0.15, 0.2) is 0 Å². The van der Waals surface area contributed by atoms with Gasteiger partial charge in [-0.1, -0.05) is 12.8 Å². The lowest BCUT2D eigenvalue weighted by molar-refractivity contribution is 0.459. The Morgan fingerprint density at radius 1 is 1.54 bits per heavy atom. The van der Waals surface area contributed by atoms with Crippen LogP contribution in [-0.4, -0.2) is 11.5 Å². The van der Waals surface area contributed by atoms with Gasteiger partial charge in [0.1, 0.15) is 0 Å². The van der Waals surface area contributed by atoms with Crippen LogP contribution in [0.25, 0.3) is 0 Å². The van der Waals surface area contributed by atoms with E-state index >= 15 is 0 Å². The Labute approximate surface area is 83.2 Å². The molecular weight excluding hydrogens is 180 g/mol. The number of aryl methyl sites for hydroxylation is 1. The first-order valence-corrected chi connectivity index (χ1v) is 5.77. The van der Waals surface area contributed by atoms with Crippen molar-refractivity contribution in [2.24, 2.45) is 5.73 Å². The zero-order valence-corrected chi connectivity index (χ0v) is 8.86. The van der Waals surface area contributed by atoms with Gasteiger partial charge in [-0.05, 0) is 19.8 Å². The van der Waals surface area contributed by atoms with E-state index in [0.717, 1.165) is 6.54 Å². The van der Waals surface area contributed by atoms with Crippen LogP contribution in [0.4, 0.5) is 0 Å². The molecule has 1 aromatic heterocycles. The Morgan fingerprint density at radius 2 is 2.23 bits per heavy atom. The maximum atomic E-state index is 5.91. The largest absolute Gasteiger partial charge is 0.330 e. The van der Waals surface area contributed by atoms with Crippen LogP contribution in [0.1, 0.15) is 36.3 Å². The van der Waals surface area contributed by atoms with Gasteiger partial charge in [-0.2, -0.15) is 0 Å². The summed E-state index contributed by atoms with van der Waals surface area (Å²) in [7, 11) is 0. The molecule has 1 fully saturated rings. The van der Waals surface area contributed by atoms with E-state index in [1.54, 1.807) is 11.3 Å². The van der Waals surface area contributed by atoms with Crippen molar-refractivity contribution in [2.45, 2.75) is 38.0 Å². The molecule has 1 aliphatic rings. The highest BCUT2D eigenvalue weighted by Gasteiger charge is 2.36. The average Bonchev–Trinajstić information content (AvgIpc) is 2.73. The summed E-state index contributed by atoms with van der Waals surface area (Å²) in [6.07, 6.45) is 5.17. The van der Waals surface area contributed by atoms with Gasteiger partial charge in [0.05, 0.1) is 11.2 Å². The normalized spacial score (nSPS) is 20.8. The van der Waals surface area contributed by atoms with Crippen LogP contribution >= 0.6 is 11.3 Å². The van der Waals surface area contributed by atoms with E-state index in [1.807, 2.05) is 5.51 Å². The number of nitrogens with two attached hydrogens (primary N) is 1. The second-order valence-corrected chi connectivity index (χ2v) is 4.81. The summed E-state index contributed by atoms with van der Waals surface area (Å²) in [6, 6.07) is 0. The van der Waals surface area contributed by atoms with E-state index in [9.17, 15) is 0 Å². The van der Waals surface area contributed by atoms with Crippen LogP contribution in [0.3, 0.4) is 0 Å². The molecule has 0 saturated heterocycles. The van der Waals surface area contributed by atoms with Crippen molar-refractivity contribution in [3.05, 3.63) is 16.1 Å². The molecule has 0 spiro atoms. The first-order chi connectivity index (χ1) is 6.28. The average molecular weight is 196 g/mol. The third kappa shape index (κ3) is 1.40. The molecule has 0 radical (unpaired) electrons. The molecule has 3 heteroatoms. The quantitative estimate of drug-likeness (QED) is 0.787. The van der Waals surface area contributed by atoms with Crippen molar-refractivity contribution in [3.8, 4) is 0 Å². The van der Waals surface area contributed by atoms with Crippen molar-refractivity contribution >= 4 is 11.3 Å². The van der Waals surface area contributed by atoms with Crippen molar-refractivity contribution in [1.29, 1.82) is 0 Å². The third-order valence-electron chi connectivity index (χ3n) is 3.18. The molecule has 1 aromatic rings. The monoisotopic (exact) mass is 196 g/mol. The van der Waals surface area contributed by atoms with Gasteiger partial charge in [0.2, 0.25) is 0 Å². The molecule has 2 nitrogen and oxygen atoms in total. The molecule has 1 aliphatic carbocycles. The number of nitrogens with zero attached hydrogens (tertiary/aromatic N) is 1. The van der Waals surface area contributed by atoms with E-state index in [-0.39, 0.29) is 5.41 Å². The lowest BCUT2D eigenvalue weighted by atomic mass is 9.84. The molecule has 0 bridgehead atoms. The van der Waals surface area contributed by atoms with Crippen LogP contribution in [0.5, 0.6) is 0 Å². The lowest BCUT2D eigenvalue weighted by Gasteiger charge is -2.26.